The van der Waals surface area contributed by atoms with Crippen molar-refractivity contribution in [3.8, 4) is 24.3 Å². The number of terminal acetylenes is 2. The van der Waals surface area contributed by atoms with E-state index in [1.165, 1.54) is 0 Å². The van der Waals surface area contributed by atoms with Crippen LogP contribution in [-0.2, 0) is 0 Å². The van der Waals surface area contributed by atoms with Crippen molar-refractivity contribution in [1.29, 1.82) is 0 Å². The molecule has 0 saturated carbocycles. The lowest BCUT2D eigenvalue weighted by Crippen LogP contribution is -2.21. The van der Waals surface area contributed by atoms with Gasteiger partial charge in [0.25, 0.3) is 0 Å². The molecule has 2 N–H and O–H groups in total. The molecule has 0 aromatic carbocycles. The van der Waals surface area contributed by atoms with Crippen LogP contribution in [0, 0.1) is 24.3 Å². The van der Waals surface area contributed by atoms with E-state index in [2.05, 4.69) is 94.7 Å². The van der Waals surface area contributed by atoms with Gasteiger partial charge >= 0.3 is 11.4 Å². The van der Waals surface area contributed by atoms with E-state index in [1.807, 2.05) is 12.1 Å². The predicted octanol–water partition coefficient (Wildman–Crippen LogP) is 6.41. The molecule has 0 atom stereocenters. The molecule has 0 radical (unpaired) electrons. The minimum Gasteiger partial charge on any atom is -0.290 e. The third kappa shape index (κ3) is 8.07. The topological polar surface area (TPSA) is 101 Å². The molecule has 39 heavy (non-hydrogen) atoms. The summed E-state index contributed by atoms with van der Waals surface area (Å²) in [6, 6.07) is 4.18. The molecular formula is C29H39BrN6O2Si. The molecule has 0 spiro atoms. The zero-order chi connectivity index (χ0) is 29.3. The van der Waals surface area contributed by atoms with Gasteiger partial charge in [0.05, 0.1) is 11.0 Å². The van der Waals surface area contributed by atoms with Crippen LogP contribution in [0.2, 0.25) is 19.6 Å². The molecule has 0 aliphatic heterocycles. The standard InChI is InChI=1S/C13H15N3O.C11H14BrN3O.C5H10Si/c1-4-9-7-11-12(14-8-9)15-13(17)16(11)10(5-2)6-3;1-3-8(4-2)15-9-5-7(12)6-13-10(9)14-11(15)16;1-5-6(2,3)4/h1,7-8,10H,5-6H2,2-3H3,(H,14,15,17);5-6,8H,3-4H2,1-2H3,(H,13,14,16);1H,2-4H3. The van der Waals surface area contributed by atoms with Gasteiger partial charge in [0.15, 0.2) is 11.3 Å². The van der Waals surface area contributed by atoms with Gasteiger partial charge in [0.1, 0.15) is 8.07 Å². The molecule has 8 nitrogen and oxygen atoms in total. The van der Waals surface area contributed by atoms with Gasteiger partial charge in [-0.15, -0.1) is 18.4 Å². The highest BCUT2D eigenvalue weighted by atomic mass is 79.9. The fourth-order valence-electron chi connectivity index (χ4n) is 4.10. The van der Waals surface area contributed by atoms with Crippen LogP contribution in [0.3, 0.4) is 0 Å². The average molecular weight is 612 g/mol. The van der Waals surface area contributed by atoms with Crippen molar-refractivity contribution in [2.45, 2.75) is 85.1 Å². The lowest BCUT2D eigenvalue weighted by Gasteiger charge is -2.13. The number of nitrogens with one attached hydrogen (secondary N) is 2. The molecule has 0 bridgehead atoms. The Bertz CT molecular complexity index is 1580. The van der Waals surface area contributed by atoms with E-state index < -0.39 is 8.07 Å². The van der Waals surface area contributed by atoms with Crippen molar-refractivity contribution >= 4 is 46.3 Å². The van der Waals surface area contributed by atoms with Gasteiger partial charge in [-0.05, 0) is 53.7 Å². The maximum atomic E-state index is 11.9. The number of nitrogens with zero attached hydrogens (tertiary/aromatic N) is 4. The fourth-order valence-corrected chi connectivity index (χ4v) is 4.41. The van der Waals surface area contributed by atoms with Crippen LogP contribution in [0.25, 0.3) is 22.3 Å². The van der Waals surface area contributed by atoms with Gasteiger partial charge in [-0.3, -0.25) is 19.1 Å². The Morgan fingerprint density at radius 1 is 0.846 bits per heavy atom. The number of aromatic amines is 2. The first-order valence-electron chi connectivity index (χ1n) is 13.2. The summed E-state index contributed by atoms with van der Waals surface area (Å²) in [6.45, 7) is 14.7. The number of imidazole rings is 2. The predicted molar refractivity (Wildman–Crippen MR) is 168 cm³/mol. The highest BCUT2D eigenvalue weighted by Crippen LogP contribution is 2.21. The van der Waals surface area contributed by atoms with Crippen LogP contribution in [0.5, 0.6) is 0 Å². The second kappa shape index (κ2) is 14.2. The van der Waals surface area contributed by atoms with E-state index in [9.17, 15) is 9.59 Å². The first kappa shape index (κ1) is 31.9. The summed E-state index contributed by atoms with van der Waals surface area (Å²) in [7, 11) is -1.10. The summed E-state index contributed by atoms with van der Waals surface area (Å²) in [5, 5.41) is 0. The van der Waals surface area contributed by atoms with Gasteiger partial charge in [-0.1, -0.05) is 53.3 Å². The normalized spacial score (nSPS) is 11.1. The minimum atomic E-state index is -1.10. The number of rotatable bonds is 6. The summed E-state index contributed by atoms with van der Waals surface area (Å²) in [6.07, 6.45) is 17.4. The van der Waals surface area contributed by atoms with Crippen LogP contribution in [-0.4, -0.2) is 37.1 Å². The molecule has 4 aromatic rings. The Kier molecular flexibility index (Phi) is 11.6. The first-order chi connectivity index (χ1) is 18.4. The smallest absolute Gasteiger partial charge is 0.290 e. The molecule has 0 amide bonds. The Morgan fingerprint density at radius 3 is 1.64 bits per heavy atom. The number of halogens is 1. The summed E-state index contributed by atoms with van der Waals surface area (Å²) in [5.41, 5.74) is 6.15. The van der Waals surface area contributed by atoms with E-state index in [0.717, 1.165) is 41.2 Å². The summed E-state index contributed by atoms with van der Waals surface area (Å²) < 4.78 is 4.44. The average Bonchev–Trinajstić information content (AvgIpc) is 3.41. The van der Waals surface area contributed by atoms with Crippen molar-refractivity contribution in [1.82, 2.24) is 29.1 Å². The third-order valence-corrected chi connectivity index (χ3v) is 7.62. The maximum absolute atomic E-state index is 11.9. The quantitative estimate of drug-likeness (QED) is 0.194. The number of H-pyrrole nitrogens is 2. The summed E-state index contributed by atoms with van der Waals surface area (Å²) in [4.78, 5) is 37.7. The van der Waals surface area contributed by atoms with Crippen molar-refractivity contribution in [2.75, 3.05) is 0 Å². The van der Waals surface area contributed by atoms with Crippen LogP contribution in [0.4, 0.5) is 0 Å². The molecule has 4 rings (SSSR count). The van der Waals surface area contributed by atoms with E-state index in [0.29, 0.717) is 16.9 Å². The van der Waals surface area contributed by atoms with E-state index >= 15 is 0 Å². The maximum Gasteiger partial charge on any atom is 0.327 e. The third-order valence-electron chi connectivity index (χ3n) is 6.32. The van der Waals surface area contributed by atoms with Gasteiger partial charge in [-0.2, -0.15) is 0 Å². The summed E-state index contributed by atoms with van der Waals surface area (Å²) in [5.74, 6) is 2.54. The van der Waals surface area contributed by atoms with Crippen LogP contribution in [0.15, 0.2) is 38.6 Å². The van der Waals surface area contributed by atoms with Gasteiger partial charge in [-0.25, -0.2) is 19.6 Å². The Morgan fingerprint density at radius 2 is 1.26 bits per heavy atom. The van der Waals surface area contributed by atoms with Gasteiger partial charge in [0.2, 0.25) is 0 Å². The number of fused-ring (bicyclic) bond motifs is 2. The molecule has 0 unspecified atom stereocenters. The molecule has 4 heterocycles. The van der Waals surface area contributed by atoms with Crippen molar-refractivity contribution in [3.63, 3.8) is 0 Å². The van der Waals surface area contributed by atoms with Crippen LogP contribution >= 0.6 is 15.9 Å². The molecule has 0 aliphatic carbocycles. The van der Waals surface area contributed by atoms with Crippen molar-refractivity contribution < 1.29 is 0 Å². The lowest BCUT2D eigenvalue weighted by atomic mass is 10.1. The van der Waals surface area contributed by atoms with Crippen LogP contribution in [0.1, 0.15) is 71.0 Å². The molecule has 208 valence electrons. The van der Waals surface area contributed by atoms with E-state index in [1.54, 1.807) is 21.5 Å². The zero-order valence-corrected chi connectivity index (χ0v) is 26.5. The zero-order valence-electron chi connectivity index (χ0n) is 23.9. The van der Waals surface area contributed by atoms with Crippen molar-refractivity contribution in [3.05, 3.63) is 55.5 Å². The molecule has 10 heteroatoms. The lowest BCUT2D eigenvalue weighted by molar-refractivity contribution is 0.471. The monoisotopic (exact) mass is 610 g/mol. The fraction of sp³-hybridized carbons (Fsp3) is 0.448. The number of aromatic nitrogens is 6. The van der Waals surface area contributed by atoms with E-state index in [4.69, 9.17) is 12.8 Å². The molecule has 0 fully saturated rings. The number of hydrogen-bond donors (Lipinski definition) is 2. The van der Waals surface area contributed by atoms with Gasteiger partial charge in [0, 0.05) is 34.5 Å². The molecule has 4 aromatic heterocycles. The minimum absolute atomic E-state index is 0.0747. The van der Waals surface area contributed by atoms with Gasteiger partial charge < -0.3 is 0 Å². The van der Waals surface area contributed by atoms with Crippen LogP contribution < -0.4 is 11.4 Å². The largest absolute Gasteiger partial charge is 0.327 e. The molecule has 0 saturated heterocycles. The Labute approximate surface area is 239 Å². The number of pyridine rings is 2. The molecular weight excluding hydrogens is 572 g/mol. The first-order valence-corrected chi connectivity index (χ1v) is 17.5. The summed E-state index contributed by atoms with van der Waals surface area (Å²) >= 11 is 3.38. The second-order valence-corrected chi connectivity index (χ2v) is 15.9. The Balaban J connectivity index is 0.000000228. The van der Waals surface area contributed by atoms with E-state index in [-0.39, 0.29) is 23.5 Å². The number of hydrogen-bond acceptors (Lipinski definition) is 4. The second-order valence-electron chi connectivity index (χ2n) is 10.2. The molecule has 0 aliphatic rings. The van der Waals surface area contributed by atoms with Crippen molar-refractivity contribution in [2.24, 2.45) is 0 Å². The Hall–Kier alpha value is -3.34. The highest BCUT2D eigenvalue weighted by Gasteiger charge is 2.16. The highest BCUT2D eigenvalue weighted by molar-refractivity contribution is 9.10. The SMILES string of the molecule is C#C[Si](C)(C)C.C#Cc1cnc2[nH]c(=O)n(C(CC)CC)c2c1.CCC(CC)n1c(=O)[nH]c2ncc(Br)cc21.